The van der Waals surface area contributed by atoms with Gasteiger partial charge in [0.2, 0.25) is 0 Å². The first-order valence-electron chi connectivity index (χ1n) is 6.53. The molecule has 2 aromatic rings. The number of rotatable bonds is 3. The quantitative estimate of drug-likeness (QED) is 0.873. The van der Waals surface area contributed by atoms with Crippen molar-refractivity contribution >= 4 is 22.1 Å². The Kier molecular flexibility index (Phi) is 3.68. The minimum atomic E-state index is -3.95. The molecule has 0 amide bonds. The Morgan fingerprint density at radius 3 is 2.73 bits per heavy atom. The fourth-order valence-corrected chi connectivity index (χ4v) is 2.90. The van der Waals surface area contributed by atoms with Gasteiger partial charge in [0, 0.05) is 5.56 Å². The van der Waals surface area contributed by atoms with E-state index in [0.29, 0.717) is 11.3 Å². The average molecular weight is 315 g/mol. The molecule has 1 aliphatic heterocycles. The lowest BCUT2D eigenvalue weighted by atomic mass is 10.1. The van der Waals surface area contributed by atoms with Gasteiger partial charge in [0.1, 0.15) is 5.75 Å². The standard InChI is InChI=1S/C16H13NO4S/c1-20-13-6-4-5-12(11-13)9-10-15-14-7-2-3-8-16(14)21-22(18,19)17-15/h2-11H,1H3. The Labute approximate surface area is 128 Å². The number of ether oxygens (including phenoxy) is 1. The molecule has 0 aliphatic carbocycles. The van der Waals surface area contributed by atoms with E-state index >= 15 is 0 Å². The van der Waals surface area contributed by atoms with Crippen LogP contribution in [0.1, 0.15) is 11.1 Å². The van der Waals surface area contributed by atoms with Crippen LogP contribution < -0.4 is 8.92 Å². The number of allylic oxidation sites excluding steroid dienone is 1. The van der Waals surface area contributed by atoms with Gasteiger partial charge in [-0.25, -0.2) is 0 Å². The van der Waals surface area contributed by atoms with E-state index in [1.807, 2.05) is 24.3 Å². The molecule has 3 rings (SSSR count). The summed E-state index contributed by atoms with van der Waals surface area (Å²) in [5.41, 5.74) is 1.85. The highest BCUT2D eigenvalue weighted by Gasteiger charge is 2.22. The highest BCUT2D eigenvalue weighted by molar-refractivity contribution is 7.86. The van der Waals surface area contributed by atoms with Crippen molar-refractivity contribution in [3.8, 4) is 11.5 Å². The summed E-state index contributed by atoms with van der Waals surface area (Å²) in [5.74, 6) is 1.01. The Morgan fingerprint density at radius 2 is 1.91 bits per heavy atom. The molecule has 0 aromatic heterocycles. The van der Waals surface area contributed by atoms with Gasteiger partial charge in [-0.1, -0.05) is 30.3 Å². The molecule has 0 atom stereocenters. The number of nitrogens with zero attached hydrogens (tertiary/aromatic N) is 1. The molecule has 0 unspecified atom stereocenters. The molecule has 0 fully saturated rings. The second-order valence-electron chi connectivity index (χ2n) is 4.59. The van der Waals surface area contributed by atoms with E-state index in [9.17, 15) is 8.42 Å². The zero-order chi connectivity index (χ0) is 15.6. The van der Waals surface area contributed by atoms with Crippen LogP contribution in [-0.2, 0) is 10.3 Å². The normalized spacial score (nSPS) is 15.8. The van der Waals surface area contributed by atoms with Crippen LogP contribution in [0.4, 0.5) is 0 Å². The molecule has 0 spiro atoms. The first kappa shape index (κ1) is 14.3. The van der Waals surface area contributed by atoms with E-state index in [0.717, 1.165) is 11.3 Å². The summed E-state index contributed by atoms with van der Waals surface area (Å²) < 4.78 is 37.0. The topological polar surface area (TPSA) is 65.0 Å². The van der Waals surface area contributed by atoms with E-state index in [1.165, 1.54) is 0 Å². The van der Waals surface area contributed by atoms with Crippen LogP contribution in [0.5, 0.6) is 11.5 Å². The molecule has 0 bridgehead atoms. The van der Waals surface area contributed by atoms with Gasteiger partial charge in [0.15, 0.2) is 5.75 Å². The van der Waals surface area contributed by atoms with E-state index in [1.54, 1.807) is 43.5 Å². The van der Waals surface area contributed by atoms with Gasteiger partial charge in [0.25, 0.3) is 0 Å². The second kappa shape index (κ2) is 5.65. The van der Waals surface area contributed by atoms with Crippen LogP contribution in [0.25, 0.3) is 6.08 Å². The zero-order valence-electron chi connectivity index (χ0n) is 11.8. The first-order valence-corrected chi connectivity index (χ1v) is 7.90. The molecule has 5 nitrogen and oxygen atoms in total. The van der Waals surface area contributed by atoms with Crippen LogP contribution in [0.15, 0.2) is 59.0 Å². The summed E-state index contributed by atoms with van der Waals surface area (Å²) in [5, 5.41) is 0. The van der Waals surface area contributed by atoms with Gasteiger partial charge in [-0.15, -0.1) is 4.40 Å². The van der Waals surface area contributed by atoms with Crippen molar-refractivity contribution in [2.75, 3.05) is 7.11 Å². The van der Waals surface area contributed by atoms with Crippen LogP contribution >= 0.6 is 0 Å². The maximum atomic E-state index is 11.7. The van der Waals surface area contributed by atoms with Crippen LogP contribution in [0.2, 0.25) is 0 Å². The van der Waals surface area contributed by atoms with Crippen molar-refractivity contribution in [3.05, 3.63) is 65.7 Å². The number of hydrogen-bond acceptors (Lipinski definition) is 4. The molecule has 2 aromatic carbocycles. The molecule has 22 heavy (non-hydrogen) atoms. The maximum Gasteiger partial charge on any atom is 0.429 e. The van der Waals surface area contributed by atoms with Gasteiger partial charge in [-0.3, -0.25) is 0 Å². The van der Waals surface area contributed by atoms with Gasteiger partial charge < -0.3 is 8.92 Å². The number of benzene rings is 2. The Morgan fingerprint density at radius 1 is 1.09 bits per heavy atom. The molecule has 112 valence electrons. The summed E-state index contributed by atoms with van der Waals surface area (Å²) in [6.07, 6.45) is 3.42. The Bertz CT molecular complexity index is 869. The fraction of sp³-hybridized carbons (Fsp3) is 0.0625. The predicted octanol–water partition coefficient (Wildman–Crippen LogP) is 2.83. The summed E-state index contributed by atoms with van der Waals surface area (Å²) in [6.45, 7) is 0. The fourth-order valence-electron chi connectivity index (χ4n) is 2.09. The van der Waals surface area contributed by atoms with Crippen molar-refractivity contribution in [3.63, 3.8) is 0 Å². The third-order valence-corrected chi connectivity index (χ3v) is 3.91. The van der Waals surface area contributed by atoms with E-state index < -0.39 is 10.3 Å². The zero-order valence-corrected chi connectivity index (χ0v) is 12.6. The monoisotopic (exact) mass is 315 g/mol. The first-order chi connectivity index (χ1) is 10.6. The number of methoxy groups -OCH3 is 1. The second-order valence-corrected chi connectivity index (χ2v) is 5.80. The van der Waals surface area contributed by atoms with Crippen molar-refractivity contribution in [1.29, 1.82) is 0 Å². The van der Waals surface area contributed by atoms with Crippen LogP contribution in [-0.4, -0.2) is 21.2 Å². The Balaban J connectivity index is 1.99. The summed E-state index contributed by atoms with van der Waals surface area (Å²) in [7, 11) is -2.36. The molecule has 0 saturated heterocycles. The third kappa shape index (κ3) is 3.01. The average Bonchev–Trinajstić information content (AvgIpc) is 2.52. The van der Waals surface area contributed by atoms with Crippen molar-refractivity contribution in [2.24, 2.45) is 4.40 Å². The predicted molar refractivity (Wildman–Crippen MR) is 84.6 cm³/mol. The van der Waals surface area contributed by atoms with Crippen LogP contribution in [0.3, 0.4) is 0 Å². The Hall–Kier alpha value is -2.60. The lowest BCUT2D eigenvalue weighted by Crippen LogP contribution is -2.17. The molecule has 6 heteroatoms. The summed E-state index contributed by atoms with van der Waals surface area (Å²) in [4.78, 5) is 0. The highest BCUT2D eigenvalue weighted by atomic mass is 32.2. The minimum Gasteiger partial charge on any atom is -0.497 e. The lowest BCUT2D eigenvalue weighted by Gasteiger charge is -2.14. The number of hydrogen-bond donors (Lipinski definition) is 0. The highest BCUT2D eigenvalue weighted by Crippen LogP contribution is 2.26. The van der Waals surface area contributed by atoms with Crippen molar-refractivity contribution in [1.82, 2.24) is 0 Å². The molecule has 1 aliphatic rings. The largest absolute Gasteiger partial charge is 0.497 e. The van der Waals surface area contributed by atoms with E-state index in [4.69, 9.17) is 8.92 Å². The molecule has 1 heterocycles. The van der Waals surface area contributed by atoms with Gasteiger partial charge in [-0.2, -0.15) is 8.42 Å². The molecule has 0 N–H and O–H groups in total. The lowest BCUT2D eigenvalue weighted by molar-refractivity contribution is 0.414. The third-order valence-electron chi connectivity index (χ3n) is 3.10. The number of fused-ring (bicyclic) bond motifs is 1. The SMILES string of the molecule is COc1cccc(C=CC2=NS(=O)(=O)Oc3ccccc32)c1. The molecule has 0 saturated carbocycles. The molecular weight excluding hydrogens is 302 g/mol. The maximum absolute atomic E-state index is 11.7. The van der Waals surface area contributed by atoms with E-state index in [-0.39, 0.29) is 5.75 Å². The van der Waals surface area contributed by atoms with Crippen molar-refractivity contribution in [2.45, 2.75) is 0 Å². The van der Waals surface area contributed by atoms with Gasteiger partial charge >= 0.3 is 10.3 Å². The molecular formula is C16H13NO4S. The minimum absolute atomic E-state index is 0.280. The van der Waals surface area contributed by atoms with Crippen molar-refractivity contribution < 1.29 is 17.3 Å². The van der Waals surface area contributed by atoms with E-state index in [2.05, 4.69) is 4.40 Å². The van der Waals surface area contributed by atoms with Gasteiger partial charge in [0.05, 0.1) is 12.8 Å². The summed E-state index contributed by atoms with van der Waals surface area (Å²) in [6, 6.07) is 14.3. The van der Waals surface area contributed by atoms with Crippen LogP contribution in [0, 0.1) is 0 Å². The van der Waals surface area contributed by atoms with Gasteiger partial charge in [-0.05, 0) is 35.9 Å². The number of para-hydroxylation sites is 1. The summed E-state index contributed by atoms with van der Waals surface area (Å²) >= 11 is 0. The molecule has 0 radical (unpaired) electrons. The smallest absolute Gasteiger partial charge is 0.429 e.